The molecule has 5 heteroatoms. The van der Waals surface area contributed by atoms with Gasteiger partial charge in [-0.05, 0) is 60.2 Å². The standard InChI is InChI=1S/C26H25N3O2/c30-26(31)23-15-21(19-8-4-5-9-19)16-27-25(23)28-22-10-11-24-20(14-22)12-13-29(24)17-18-6-2-1-3-7-18/h1-3,6-7,10-16,19H,4-5,8-9,17H2,(H,27,28)(H,30,31). The van der Waals surface area contributed by atoms with Gasteiger partial charge in [-0.3, -0.25) is 0 Å². The first-order valence-electron chi connectivity index (χ1n) is 10.8. The number of carboxylic acid groups (broad SMARTS) is 1. The van der Waals surface area contributed by atoms with E-state index < -0.39 is 5.97 Å². The van der Waals surface area contributed by atoms with E-state index in [0.717, 1.165) is 41.5 Å². The summed E-state index contributed by atoms with van der Waals surface area (Å²) >= 11 is 0. The molecule has 5 nitrogen and oxygen atoms in total. The second kappa shape index (κ2) is 8.26. The highest BCUT2D eigenvalue weighted by Gasteiger charge is 2.21. The molecule has 4 aromatic rings. The summed E-state index contributed by atoms with van der Waals surface area (Å²) in [6.45, 7) is 0.810. The number of hydrogen-bond donors (Lipinski definition) is 2. The molecule has 0 amide bonds. The fourth-order valence-electron chi connectivity index (χ4n) is 4.56. The van der Waals surface area contributed by atoms with E-state index in [-0.39, 0.29) is 5.56 Å². The van der Waals surface area contributed by atoms with Crippen molar-refractivity contribution >= 4 is 28.4 Å². The Bertz CT molecular complexity index is 1220. The van der Waals surface area contributed by atoms with Crippen LogP contribution in [0.25, 0.3) is 10.9 Å². The van der Waals surface area contributed by atoms with E-state index >= 15 is 0 Å². The van der Waals surface area contributed by atoms with Crippen molar-refractivity contribution in [2.24, 2.45) is 0 Å². The van der Waals surface area contributed by atoms with Crippen LogP contribution in [-0.2, 0) is 6.54 Å². The molecular formula is C26H25N3O2. The summed E-state index contributed by atoms with van der Waals surface area (Å²) in [7, 11) is 0. The first-order valence-corrected chi connectivity index (χ1v) is 10.8. The molecule has 156 valence electrons. The lowest BCUT2D eigenvalue weighted by atomic mass is 9.98. The Morgan fingerprint density at radius 1 is 1.06 bits per heavy atom. The van der Waals surface area contributed by atoms with E-state index in [1.165, 1.54) is 18.4 Å². The molecule has 0 spiro atoms. The molecule has 1 aliphatic carbocycles. The fourth-order valence-corrected chi connectivity index (χ4v) is 4.56. The lowest BCUT2D eigenvalue weighted by Crippen LogP contribution is -2.07. The van der Waals surface area contributed by atoms with Crippen LogP contribution in [0.4, 0.5) is 11.5 Å². The van der Waals surface area contributed by atoms with E-state index in [9.17, 15) is 9.90 Å². The van der Waals surface area contributed by atoms with E-state index in [0.29, 0.717) is 11.7 Å². The highest BCUT2D eigenvalue weighted by atomic mass is 16.4. The number of pyridine rings is 1. The van der Waals surface area contributed by atoms with Gasteiger partial charge in [0.15, 0.2) is 0 Å². The van der Waals surface area contributed by atoms with Crippen molar-refractivity contribution in [3.8, 4) is 0 Å². The quantitative estimate of drug-likeness (QED) is 0.397. The second-order valence-electron chi connectivity index (χ2n) is 8.28. The van der Waals surface area contributed by atoms with Crippen LogP contribution in [0.2, 0.25) is 0 Å². The summed E-state index contributed by atoms with van der Waals surface area (Å²) in [6.07, 6.45) is 8.56. The first-order chi connectivity index (χ1) is 15.2. The van der Waals surface area contributed by atoms with Gasteiger partial charge in [0.1, 0.15) is 11.4 Å². The van der Waals surface area contributed by atoms with Crippen molar-refractivity contribution in [3.63, 3.8) is 0 Å². The van der Waals surface area contributed by atoms with Crippen LogP contribution in [0.5, 0.6) is 0 Å². The number of rotatable bonds is 6. The fraction of sp³-hybridized carbons (Fsp3) is 0.231. The predicted octanol–water partition coefficient (Wildman–Crippen LogP) is 6.18. The number of aromatic nitrogens is 2. The van der Waals surface area contributed by atoms with Crippen LogP contribution in [0.1, 0.15) is 53.1 Å². The molecule has 0 bridgehead atoms. The van der Waals surface area contributed by atoms with E-state index in [4.69, 9.17) is 0 Å². The molecule has 2 aromatic carbocycles. The van der Waals surface area contributed by atoms with Gasteiger partial charge >= 0.3 is 5.97 Å². The van der Waals surface area contributed by atoms with Crippen LogP contribution < -0.4 is 5.32 Å². The molecule has 2 heterocycles. The Labute approximate surface area is 181 Å². The Kier molecular flexibility index (Phi) is 5.16. The smallest absolute Gasteiger partial charge is 0.339 e. The van der Waals surface area contributed by atoms with Crippen LogP contribution in [0.3, 0.4) is 0 Å². The van der Waals surface area contributed by atoms with Crippen molar-refractivity contribution in [2.45, 2.75) is 38.1 Å². The van der Waals surface area contributed by atoms with Crippen LogP contribution >= 0.6 is 0 Å². The minimum atomic E-state index is -0.954. The number of carboxylic acids is 1. The molecule has 0 atom stereocenters. The SMILES string of the molecule is O=C(O)c1cc(C2CCCC2)cnc1Nc1ccc2c(ccn2Cc2ccccc2)c1. The zero-order chi connectivity index (χ0) is 21.2. The van der Waals surface area contributed by atoms with Crippen molar-refractivity contribution in [1.82, 2.24) is 9.55 Å². The average molecular weight is 412 g/mol. The number of aromatic carboxylic acids is 1. The number of carbonyl (C=O) groups is 1. The zero-order valence-corrected chi connectivity index (χ0v) is 17.3. The maximum Gasteiger partial charge on any atom is 0.339 e. The molecule has 2 aromatic heterocycles. The molecule has 0 unspecified atom stereocenters. The Balaban J connectivity index is 1.40. The van der Waals surface area contributed by atoms with E-state index in [2.05, 4.69) is 45.3 Å². The maximum atomic E-state index is 11.9. The minimum Gasteiger partial charge on any atom is -0.478 e. The highest BCUT2D eigenvalue weighted by Crippen LogP contribution is 2.35. The molecule has 5 rings (SSSR count). The van der Waals surface area contributed by atoms with Crippen LogP contribution in [0, 0.1) is 0 Å². The molecule has 0 saturated heterocycles. The van der Waals surface area contributed by atoms with Gasteiger partial charge in [-0.25, -0.2) is 9.78 Å². The summed E-state index contributed by atoms with van der Waals surface area (Å²) in [5, 5.41) is 14.1. The number of fused-ring (bicyclic) bond motifs is 1. The molecule has 1 fully saturated rings. The molecule has 0 aliphatic heterocycles. The number of anilines is 2. The Morgan fingerprint density at radius 3 is 2.65 bits per heavy atom. The second-order valence-corrected chi connectivity index (χ2v) is 8.28. The third kappa shape index (κ3) is 4.04. The largest absolute Gasteiger partial charge is 0.478 e. The minimum absolute atomic E-state index is 0.228. The van der Waals surface area contributed by atoms with Gasteiger partial charge in [0.25, 0.3) is 0 Å². The molecular weight excluding hydrogens is 386 g/mol. The molecule has 31 heavy (non-hydrogen) atoms. The lowest BCUT2D eigenvalue weighted by Gasteiger charge is -2.14. The first kappa shape index (κ1) is 19.4. The van der Waals surface area contributed by atoms with Crippen molar-refractivity contribution < 1.29 is 9.90 Å². The van der Waals surface area contributed by atoms with Gasteiger partial charge in [0.05, 0.1) is 0 Å². The number of hydrogen-bond acceptors (Lipinski definition) is 3. The van der Waals surface area contributed by atoms with E-state index in [1.54, 1.807) is 6.07 Å². The van der Waals surface area contributed by atoms with Crippen molar-refractivity contribution in [1.29, 1.82) is 0 Å². The third-order valence-corrected chi connectivity index (χ3v) is 6.20. The van der Waals surface area contributed by atoms with Gasteiger partial charge < -0.3 is 15.0 Å². The lowest BCUT2D eigenvalue weighted by molar-refractivity contribution is 0.0697. The summed E-state index contributed by atoms with van der Waals surface area (Å²) in [5.41, 5.74) is 4.48. The third-order valence-electron chi connectivity index (χ3n) is 6.20. The highest BCUT2D eigenvalue weighted by molar-refractivity contribution is 5.94. The van der Waals surface area contributed by atoms with E-state index in [1.807, 2.05) is 36.5 Å². The number of nitrogens with one attached hydrogen (secondary N) is 1. The van der Waals surface area contributed by atoms with Crippen molar-refractivity contribution in [2.75, 3.05) is 5.32 Å². The zero-order valence-electron chi connectivity index (χ0n) is 17.3. The Hall–Kier alpha value is -3.60. The van der Waals surface area contributed by atoms with Gasteiger partial charge in [0, 0.05) is 35.5 Å². The van der Waals surface area contributed by atoms with Crippen LogP contribution in [0.15, 0.2) is 73.1 Å². The summed E-state index contributed by atoms with van der Waals surface area (Å²) in [4.78, 5) is 16.4. The number of nitrogens with zero attached hydrogens (tertiary/aromatic N) is 2. The predicted molar refractivity (Wildman–Crippen MR) is 123 cm³/mol. The maximum absolute atomic E-state index is 11.9. The van der Waals surface area contributed by atoms with Gasteiger partial charge in [-0.1, -0.05) is 43.2 Å². The summed E-state index contributed by atoms with van der Waals surface area (Å²) in [6, 6.07) is 20.3. The monoisotopic (exact) mass is 411 g/mol. The Morgan fingerprint density at radius 2 is 1.87 bits per heavy atom. The number of benzene rings is 2. The molecule has 1 saturated carbocycles. The average Bonchev–Trinajstić information content (AvgIpc) is 3.45. The topological polar surface area (TPSA) is 67.2 Å². The normalized spacial score (nSPS) is 14.2. The van der Waals surface area contributed by atoms with Gasteiger partial charge in [0.2, 0.25) is 0 Å². The van der Waals surface area contributed by atoms with Gasteiger partial charge in [-0.2, -0.15) is 0 Å². The van der Waals surface area contributed by atoms with Crippen molar-refractivity contribution in [3.05, 3.63) is 89.7 Å². The summed E-state index contributed by atoms with van der Waals surface area (Å²) in [5.74, 6) is -0.136. The van der Waals surface area contributed by atoms with Crippen LogP contribution in [-0.4, -0.2) is 20.6 Å². The molecule has 1 aliphatic rings. The van der Waals surface area contributed by atoms with Gasteiger partial charge in [-0.15, -0.1) is 0 Å². The molecule has 0 radical (unpaired) electrons. The molecule has 2 N–H and O–H groups in total. The summed E-state index contributed by atoms with van der Waals surface area (Å²) < 4.78 is 2.21.